The Morgan fingerprint density at radius 3 is 2.59 bits per heavy atom. The first-order valence-electron chi connectivity index (χ1n) is 8.43. The van der Waals surface area contributed by atoms with Gasteiger partial charge in [0.1, 0.15) is 5.75 Å². The lowest BCUT2D eigenvalue weighted by molar-refractivity contribution is 0.162. The molecule has 3 rings (SSSR count). The maximum absolute atomic E-state index is 5.27. The lowest BCUT2D eigenvalue weighted by Crippen LogP contribution is -2.60. The van der Waals surface area contributed by atoms with Gasteiger partial charge in [-0.1, -0.05) is 0 Å². The largest absolute Gasteiger partial charge is 0.497 e. The average Bonchev–Trinajstić information content (AvgIpc) is 3.00. The summed E-state index contributed by atoms with van der Waals surface area (Å²) in [5, 5.41) is 3.48. The van der Waals surface area contributed by atoms with Gasteiger partial charge < -0.3 is 15.0 Å². The van der Waals surface area contributed by atoms with Crippen molar-refractivity contribution >= 4 is 5.69 Å². The molecule has 1 N–H and O–H groups in total. The molecule has 1 unspecified atom stereocenters. The van der Waals surface area contributed by atoms with Gasteiger partial charge in [0.05, 0.1) is 7.11 Å². The lowest BCUT2D eigenvalue weighted by Gasteiger charge is -2.49. The van der Waals surface area contributed by atoms with Crippen molar-refractivity contribution in [1.82, 2.24) is 10.2 Å². The Labute approximate surface area is 134 Å². The molecule has 0 amide bonds. The second-order valence-electron chi connectivity index (χ2n) is 7.26. The number of hydrogen-bond donors (Lipinski definition) is 1. The summed E-state index contributed by atoms with van der Waals surface area (Å²) in [5.74, 6) is 1.76. The van der Waals surface area contributed by atoms with E-state index in [0.717, 1.165) is 31.3 Å². The number of rotatable bonds is 4. The van der Waals surface area contributed by atoms with Gasteiger partial charge in [-0.25, -0.2) is 0 Å². The van der Waals surface area contributed by atoms with Crippen LogP contribution in [-0.4, -0.2) is 56.8 Å². The molecule has 2 aliphatic rings. The van der Waals surface area contributed by atoms with Crippen LogP contribution < -0.4 is 15.0 Å². The van der Waals surface area contributed by atoms with Crippen molar-refractivity contribution in [2.75, 3.05) is 51.3 Å². The molecule has 1 aromatic carbocycles. The highest BCUT2D eigenvalue weighted by molar-refractivity contribution is 5.51. The van der Waals surface area contributed by atoms with E-state index in [2.05, 4.69) is 53.2 Å². The molecule has 22 heavy (non-hydrogen) atoms. The van der Waals surface area contributed by atoms with Crippen LogP contribution in [0.3, 0.4) is 0 Å². The van der Waals surface area contributed by atoms with E-state index in [-0.39, 0.29) is 5.54 Å². The number of methoxy groups -OCH3 is 1. The van der Waals surface area contributed by atoms with Crippen LogP contribution in [0.1, 0.15) is 20.3 Å². The first-order chi connectivity index (χ1) is 10.6. The van der Waals surface area contributed by atoms with Gasteiger partial charge in [0.2, 0.25) is 0 Å². The molecule has 1 aromatic rings. The van der Waals surface area contributed by atoms with Crippen molar-refractivity contribution in [3.05, 3.63) is 24.3 Å². The SMILES string of the molecule is COc1ccc(N2CCN(CC3CCNC3)CC2(C)C)cc1. The summed E-state index contributed by atoms with van der Waals surface area (Å²) in [6.07, 6.45) is 1.33. The van der Waals surface area contributed by atoms with Crippen molar-refractivity contribution in [1.29, 1.82) is 0 Å². The maximum Gasteiger partial charge on any atom is 0.119 e. The topological polar surface area (TPSA) is 27.7 Å². The van der Waals surface area contributed by atoms with Crippen LogP contribution in [0, 0.1) is 5.92 Å². The Kier molecular flexibility index (Phi) is 4.59. The molecule has 1 atom stereocenters. The summed E-state index contributed by atoms with van der Waals surface area (Å²) < 4.78 is 5.27. The van der Waals surface area contributed by atoms with E-state index in [4.69, 9.17) is 4.74 Å². The van der Waals surface area contributed by atoms with Crippen LogP contribution in [0.2, 0.25) is 0 Å². The van der Waals surface area contributed by atoms with Gasteiger partial charge in [0.25, 0.3) is 0 Å². The molecule has 0 saturated carbocycles. The van der Waals surface area contributed by atoms with E-state index in [9.17, 15) is 0 Å². The zero-order chi connectivity index (χ0) is 15.6. The van der Waals surface area contributed by atoms with Crippen molar-refractivity contribution < 1.29 is 4.74 Å². The molecule has 2 saturated heterocycles. The van der Waals surface area contributed by atoms with Gasteiger partial charge in [0, 0.05) is 37.4 Å². The first kappa shape index (κ1) is 15.6. The molecule has 0 spiro atoms. The molecule has 122 valence electrons. The molecule has 0 radical (unpaired) electrons. The molecule has 0 bridgehead atoms. The number of benzene rings is 1. The normalized spacial score (nSPS) is 25.4. The third-order valence-electron chi connectivity index (χ3n) is 5.04. The van der Waals surface area contributed by atoms with E-state index >= 15 is 0 Å². The predicted molar refractivity (Wildman–Crippen MR) is 91.8 cm³/mol. The summed E-state index contributed by atoms with van der Waals surface area (Å²) in [4.78, 5) is 5.19. The highest BCUT2D eigenvalue weighted by Crippen LogP contribution is 2.29. The van der Waals surface area contributed by atoms with Crippen molar-refractivity contribution in [2.24, 2.45) is 5.92 Å². The van der Waals surface area contributed by atoms with Crippen LogP contribution in [0.15, 0.2) is 24.3 Å². The number of piperazine rings is 1. The Balaban J connectivity index is 1.64. The summed E-state index contributed by atoms with van der Waals surface area (Å²) in [7, 11) is 1.72. The minimum Gasteiger partial charge on any atom is -0.497 e. The third kappa shape index (κ3) is 3.39. The van der Waals surface area contributed by atoms with E-state index < -0.39 is 0 Å². The van der Waals surface area contributed by atoms with Crippen LogP contribution >= 0.6 is 0 Å². The number of nitrogens with one attached hydrogen (secondary N) is 1. The van der Waals surface area contributed by atoms with E-state index in [1.54, 1.807) is 7.11 Å². The summed E-state index contributed by atoms with van der Waals surface area (Å²) in [6.45, 7) is 11.7. The fourth-order valence-corrected chi connectivity index (χ4v) is 3.89. The highest BCUT2D eigenvalue weighted by atomic mass is 16.5. The summed E-state index contributed by atoms with van der Waals surface area (Å²) in [5.41, 5.74) is 1.46. The predicted octanol–water partition coefficient (Wildman–Crippen LogP) is 2.21. The summed E-state index contributed by atoms with van der Waals surface area (Å²) >= 11 is 0. The van der Waals surface area contributed by atoms with Crippen LogP contribution in [0.5, 0.6) is 5.75 Å². The van der Waals surface area contributed by atoms with Crippen LogP contribution in [-0.2, 0) is 0 Å². The molecule has 0 aromatic heterocycles. The molecule has 4 heteroatoms. The zero-order valence-electron chi connectivity index (χ0n) is 14.1. The van der Waals surface area contributed by atoms with Crippen molar-refractivity contribution in [2.45, 2.75) is 25.8 Å². The maximum atomic E-state index is 5.27. The number of anilines is 1. The first-order valence-corrected chi connectivity index (χ1v) is 8.43. The minimum atomic E-state index is 0.166. The van der Waals surface area contributed by atoms with Crippen LogP contribution in [0.4, 0.5) is 5.69 Å². The second kappa shape index (κ2) is 6.47. The number of ether oxygens (including phenoxy) is 1. The Morgan fingerprint density at radius 2 is 2.00 bits per heavy atom. The zero-order valence-corrected chi connectivity index (χ0v) is 14.1. The number of hydrogen-bond acceptors (Lipinski definition) is 4. The smallest absolute Gasteiger partial charge is 0.119 e. The van der Waals surface area contributed by atoms with Gasteiger partial charge in [0.15, 0.2) is 0 Å². The third-order valence-corrected chi connectivity index (χ3v) is 5.04. The Hall–Kier alpha value is -1.26. The Morgan fingerprint density at radius 1 is 1.23 bits per heavy atom. The lowest BCUT2D eigenvalue weighted by atomic mass is 9.96. The fraction of sp³-hybridized carbons (Fsp3) is 0.667. The minimum absolute atomic E-state index is 0.166. The molecular formula is C18H29N3O. The highest BCUT2D eigenvalue weighted by Gasteiger charge is 2.34. The van der Waals surface area contributed by atoms with E-state index in [0.29, 0.717) is 0 Å². The van der Waals surface area contributed by atoms with Crippen LogP contribution in [0.25, 0.3) is 0 Å². The van der Waals surface area contributed by atoms with Gasteiger partial charge in [-0.3, -0.25) is 4.90 Å². The van der Waals surface area contributed by atoms with E-state index in [1.807, 2.05) is 0 Å². The average molecular weight is 303 g/mol. The monoisotopic (exact) mass is 303 g/mol. The molecule has 2 heterocycles. The quantitative estimate of drug-likeness (QED) is 0.923. The van der Waals surface area contributed by atoms with Gasteiger partial charge in [-0.2, -0.15) is 0 Å². The molecule has 4 nitrogen and oxygen atoms in total. The van der Waals surface area contributed by atoms with Gasteiger partial charge >= 0.3 is 0 Å². The molecule has 2 aliphatic heterocycles. The van der Waals surface area contributed by atoms with Gasteiger partial charge in [-0.15, -0.1) is 0 Å². The summed E-state index contributed by atoms with van der Waals surface area (Å²) in [6, 6.07) is 8.47. The standard InChI is InChI=1S/C18H29N3O/c1-18(2)14-20(13-15-8-9-19-12-15)10-11-21(18)16-4-6-17(22-3)7-5-16/h4-7,15,19H,8-14H2,1-3H3. The molecule has 2 fully saturated rings. The van der Waals surface area contributed by atoms with Crippen molar-refractivity contribution in [3.63, 3.8) is 0 Å². The molecular weight excluding hydrogens is 274 g/mol. The van der Waals surface area contributed by atoms with E-state index in [1.165, 1.54) is 31.7 Å². The molecule has 0 aliphatic carbocycles. The number of nitrogens with zero attached hydrogens (tertiary/aromatic N) is 2. The fourth-order valence-electron chi connectivity index (χ4n) is 3.89. The Bertz CT molecular complexity index is 480. The van der Waals surface area contributed by atoms with Crippen molar-refractivity contribution in [3.8, 4) is 5.75 Å². The van der Waals surface area contributed by atoms with Gasteiger partial charge in [-0.05, 0) is 63.5 Å². The second-order valence-corrected chi connectivity index (χ2v) is 7.26.